The van der Waals surface area contributed by atoms with Crippen molar-refractivity contribution >= 4 is 50.6 Å². The van der Waals surface area contributed by atoms with Gasteiger partial charge in [0.15, 0.2) is 5.01 Å². The van der Waals surface area contributed by atoms with Crippen molar-refractivity contribution in [3.63, 3.8) is 0 Å². The first-order valence-electron chi connectivity index (χ1n) is 7.74. The monoisotopic (exact) mass is 406 g/mol. The summed E-state index contributed by atoms with van der Waals surface area (Å²) in [5.41, 5.74) is 9.12. The van der Waals surface area contributed by atoms with Crippen LogP contribution in [0.25, 0.3) is 21.5 Å². The lowest BCUT2D eigenvalue weighted by molar-refractivity contribution is 0.630. The molecule has 0 aliphatic heterocycles. The molecule has 0 amide bonds. The first-order chi connectivity index (χ1) is 12.4. The van der Waals surface area contributed by atoms with Gasteiger partial charge >= 0.3 is 0 Å². The van der Waals surface area contributed by atoms with Crippen LogP contribution in [-0.4, -0.2) is 14.8 Å². The molecule has 0 saturated carbocycles. The summed E-state index contributed by atoms with van der Waals surface area (Å²) in [6, 6.07) is 8.38. The van der Waals surface area contributed by atoms with Crippen molar-refractivity contribution in [2.24, 2.45) is 0 Å². The molecular formula is C18H13Cl2FN4S. The zero-order valence-electron chi connectivity index (χ0n) is 13.6. The van der Waals surface area contributed by atoms with E-state index in [4.69, 9.17) is 28.9 Å². The number of aryl methyl sites for hydroxylation is 1. The summed E-state index contributed by atoms with van der Waals surface area (Å²) >= 11 is 13.5. The first kappa shape index (κ1) is 17.3. The fourth-order valence-corrected chi connectivity index (χ4v) is 4.14. The Morgan fingerprint density at radius 1 is 1.19 bits per heavy atom. The van der Waals surface area contributed by atoms with E-state index in [0.717, 1.165) is 22.0 Å². The molecule has 0 saturated heterocycles. The minimum absolute atomic E-state index is 0.327. The number of fused-ring (bicyclic) bond motifs is 1. The minimum Gasteiger partial charge on any atom is -0.374 e. The maximum Gasteiger partial charge on any atom is 0.203 e. The molecule has 8 heteroatoms. The Kier molecular flexibility index (Phi) is 4.34. The number of nitrogens with two attached hydrogens (primary N) is 1. The van der Waals surface area contributed by atoms with E-state index in [0.29, 0.717) is 32.3 Å². The van der Waals surface area contributed by atoms with Gasteiger partial charge in [0.25, 0.3) is 0 Å². The van der Waals surface area contributed by atoms with Crippen molar-refractivity contribution in [2.45, 2.75) is 13.5 Å². The fraction of sp³-hybridized carbons (Fsp3) is 0.111. The summed E-state index contributed by atoms with van der Waals surface area (Å²) in [7, 11) is 0. The smallest absolute Gasteiger partial charge is 0.203 e. The van der Waals surface area contributed by atoms with Crippen LogP contribution in [0.3, 0.4) is 0 Å². The van der Waals surface area contributed by atoms with Crippen LogP contribution in [0.5, 0.6) is 0 Å². The summed E-state index contributed by atoms with van der Waals surface area (Å²) in [5.74, 6) is -0.327. The molecule has 0 atom stereocenters. The molecule has 26 heavy (non-hydrogen) atoms. The number of nitrogens with zero attached hydrogens (tertiary/aromatic N) is 3. The Hall–Kier alpha value is -2.15. The summed E-state index contributed by atoms with van der Waals surface area (Å²) in [6.45, 7) is 2.47. The van der Waals surface area contributed by atoms with Gasteiger partial charge in [-0.3, -0.25) is 0 Å². The Labute approximate surface area is 163 Å². The van der Waals surface area contributed by atoms with Crippen molar-refractivity contribution in [2.75, 3.05) is 5.73 Å². The summed E-state index contributed by atoms with van der Waals surface area (Å²) < 4.78 is 16.2. The van der Waals surface area contributed by atoms with E-state index in [2.05, 4.69) is 10.2 Å². The Morgan fingerprint density at radius 3 is 2.69 bits per heavy atom. The summed E-state index contributed by atoms with van der Waals surface area (Å²) in [5, 5.41) is 10.8. The van der Waals surface area contributed by atoms with Crippen molar-refractivity contribution < 1.29 is 4.39 Å². The second-order valence-electron chi connectivity index (χ2n) is 5.97. The van der Waals surface area contributed by atoms with Crippen LogP contribution in [0.1, 0.15) is 11.1 Å². The van der Waals surface area contributed by atoms with Gasteiger partial charge in [0.05, 0.1) is 5.52 Å². The number of hydrogen-bond donors (Lipinski definition) is 1. The molecule has 0 bridgehead atoms. The van der Waals surface area contributed by atoms with E-state index >= 15 is 0 Å². The maximum atomic E-state index is 14.2. The standard InChI is InChI=1S/C18H13Cl2FN4S/c1-9-7-25(8-10-2-3-11(19)4-15(10)20)16-13(9)5-12(21)6-14(16)17-23-24-18(22)26-17/h2-7H,8H2,1H3,(H2,22,24). The molecule has 4 rings (SSSR count). The molecule has 4 nitrogen and oxygen atoms in total. The van der Waals surface area contributed by atoms with Gasteiger partial charge in [-0.2, -0.15) is 0 Å². The van der Waals surface area contributed by atoms with Crippen LogP contribution in [0.15, 0.2) is 36.5 Å². The number of hydrogen-bond acceptors (Lipinski definition) is 4. The van der Waals surface area contributed by atoms with Crippen LogP contribution in [0.2, 0.25) is 10.0 Å². The van der Waals surface area contributed by atoms with Gasteiger partial charge in [-0.15, -0.1) is 10.2 Å². The van der Waals surface area contributed by atoms with Crippen molar-refractivity contribution in [3.8, 4) is 10.6 Å². The van der Waals surface area contributed by atoms with E-state index in [-0.39, 0.29) is 5.82 Å². The molecule has 0 fully saturated rings. The summed E-state index contributed by atoms with van der Waals surface area (Å²) in [4.78, 5) is 0. The molecule has 2 N–H and O–H groups in total. The number of rotatable bonds is 3. The van der Waals surface area contributed by atoms with Crippen molar-refractivity contribution in [1.29, 1.82) is 0 Å². The topological polar surface area (TPSA) is 56.7 Å². The quantitative estimate of drug-likeness (QED) is 0.485. The van der Waals surface area contributed by atoms with Crippen LogP contribution >= 0.6 is 34.5 Å². The number of aromatic nitrogens is 3. The van der Waals surface area contributed by atoms with E-state index < -0.39 is 0 Å². The maximum absolute atomic E-state index is 14.2. The van der Waals surface area contributed by atoms with Crippen LogP contribution in [-0.2, 0) is 6.54 Å². The van der Waals surface area contributed by atoms with E-state index in [1.54, 1.807) is 12.1 Å². The molecule has 0 spiro atoms. The molecule has 0 unspecified atom stereocenters. The molecule has 0 aliphatic rings. The second kappa shape index (κ2) is 6.54. The van der Waals surface area contributed by atoms with E-state index in [1.807, 2.05) is 23.8 Å². The van der Waals surface area contributed by atoms with Crippen molar-refractivity contribution in [1.82, 2.24) is 14.8 Å². The Bertz CT molecular complexity index is 1140. The second-order valence-corrected chi connectivity index (χ2v) is 7.82. The predicted octanol–water partition coefficient (Wildman–Crippen LogP) is 5.54. The van der Waals surface area contributed by atoms with E-state index in [1.165, 1.54) is 23.5 Å². The molecule has 2 aromatic heterocycles. The average Bonchev–Trinajstić information content (AvgIpc) is 3.14. The van der Waals surface area contributed by atoms with E-state index in [9.17, 15) is 4.39 Å². The van der Waals surface area contributed by atoms with Crippen LogP contribution in [0.4, 0.5) is 9.52 Å². The lowest BCUT2D eigenvalue weighted by Crippen LogP contribution is -2.00. The van der Waals surface area contributed by atoms with Crippen LogP contribution < -0.4 is 5.73 Å². The number of nitrogen functional groups attached to an aromatic ring is 1. The van der Waals surface area contributed by atoms with Crippen molar-refractivity contribution in [3.05, 3.63) is 63.5 Å². The Balaban J connectivity index is 1.93. The van der Waals surface area contributed by atoms with Gasteiger partial charge in [-0.1, -0.05) is 40.6 Å². The highest BCUT2D eigenvalue weighted by Crippen LogP contribution is 2.35. The molecule has 4 aromatic rings. The normalized spacial score (nSPS) is 11.4. The Morgan fingerprint density at radius 2 is 2.00 bits per heavy atom. The molecule has 132 valence electrons. The molecule has 2 aromatic carbocycles. The zero-order chi connectivity index (χ0) is 18.4. The minimum atomic E-state index is -0.327. The lowest BCUT2D eigenvalue weighted by atomic mass is 10.1. The lowest BCUT2D eigenvalue weighted by Gasteiger charge is -2.10. The number of anilines is 1. The largest absolute Gasteiger partial charge is 0.374 e. The average molecular weight is 407 g/mol. The number of benzene rings is 2. The van der Waals surface area contributed by atoms with Gasteiger partial charge in [0.1, 0.15) is 5.82 Å². The molecule has 2 heterocycles. The van der Waals surface area contributed by atoms with Gasteiger partial charge in [-0.05, 0) is 42.3 Å². The van der Waals surface area contributed by atoms with Gasteiger partial charge in [-0.25, -0.2) is 4.39 Å². The number of halogens is 3. The molecular weight excluding hydrogens is 394 g/mol. The SMILES string of the molecule is Cc1cn(Cc2ccc(Cl)cc2Cl)c2c(-c3nnc(N)s3)cc(F)cc12. The van der Waals surface area contributed by atoms with Gasteiger partial charge in [0.2, 0.25) is 5.13 Å². The third-order valence-corrected chi connectivity index (χ3v) is 5.54. The third kappa shape index (κ3) is 3.05. The van der Waals surface area contributed by atoms with Crippen LogP contribution in [0, 0.1) is 12.7 Å². The molecule has 0 radical (unpaired) electrons. The highest BCUT2D eigenvalue weighted by Gasteiger charge is 2.17. The predicted molar refractivity (Wildman–Crippen MR) is 106 cm³/mol. The van der Waals surface area contributed by atoms with Gasteiger partial charge < -0.3 is 10.3 Å². The zero-order valence-corrected chi connectivity index (χ0v) is 16.0. The summed E-state index contributed by atoms with van der Waals surface area (Å²) in [6.07, 6.45) is 1.98. The highest BCUT2D eigenvalue weighted by atomic mass is 35.5. The third-order valence-electron chi connectivity index (χ3n) is 4.16. The highest BCUT2D eigenvalue weighted by molar-refractivity contribution is 7.18. The fourth-order valence-electron chi connectivity index (χ4n) is 3.04. The molecule has 0 aliphatic carbocycles. The van der Waals surface area contributed by atoms with Gasteiger partial charge in [0, 0.05) is 33.7 Å². The first-order valence-corrected chi connectivity index (χ1v) is 9.32.